The largest absolute Gasteiger partial charge is 0.391 e. The number of nitrogens with two attached hydrogens (primary N) is 2. The molecule has 0 aliphatic rings. The maximum atomic E-state index is 12.7. The van der Waals surface area contributed by atoms with Crippen molar-refractivity contribution in [3.8, 4) is 0 Å². The van der Waals surface area contributed by atoms with Crippen LogP contribution < -0.4 is 27.4 Å². The number of aliphatic hydroxyl groups is 1. The summed E-state index contributed by atoms with van der Waals surface area (Å²) in [5, 5.41) is 17.2. The second-order valence-corrected chi connectivity index (χ2v) is 7.36. The first-order valence-corrected chi connectivity index (χ1v) is 9.54. The number of carbonyl (C=O) groups excluding carboxylic acids is 4. The van der Waals surface area contributed by atoms with E-state index in [0.717, 1.165) is 0 Å². The molecular formula is C18H35N5O5. The fraction of sp³-hybridized carbons (Fsp3) is 0.778. The lowest BCUT2D eigenvalue weighted by Crippen LogP contribution is -2.58. The van der Waals surface area contributed by atoms with Crippen LogP contribution in [0.25, 0.3) is 0 Å². The molecule has 2 unspecified atom stereocenters. The van der Waals surface area contributed by atoms with Crippen molar-refractivity contribution in [1.82, 2.24) is 16.0 Å². The van der Waals surface area contributed by atoms with Gasteiger partial charge in [-0.25, -0.2) is 0 Å². The molecule has 0 saturated heterocycles. The Balaban J connectivity index is 5.27. The number of carbonyl (C=O) groups is 4. The topological polar surface area (TPSA) is 177 Å². The minimum absolute atomic E-state index is 0.127. The average Bonchev–Trinajstić information content (AvgIpc) is 2.57. The van der Waals surface area contributed by atoms with Gasteiger partial charge < -0.3 is 32.5 Å². The molecule has 0 rings (SSSR count). The summed E-state index contributed by atoms with van der Waals surface area (Å²) in [7, 11) is 0. The standard InChI is InChI=1S/C18H35N5O5/c1-10(2)9-14(16(20)26)23-17(27)13(7-5-6-8-19)22-18(28)15(11(3)24)21-12(4)25/h10-11,13-15,24H,5-9,19H2,1-4H3,(H2,20,26)(H,21,25)(H,22,28)(H,23,27)/t11?,13-,14+,15?/m0/s1. The maximum absolute atomic E-state index is 12.7. The molecule has 0 radical (unpaired) electrons. The number of aliphatic hydroxyl groups excluding tert-OH is 1. The second-order valence-electron chi connectivity index (χ2n) is 7.36. The van der Waals surface area contributed by atoms with Crippen molar-refractivity contribution in [2.75, 3.05) is 6.54 Å². The predicted molar refractivity (Wildman–Crippen MR) is 105 cm³/mol. The van der Waals surface area contributed by atoms with Crippen molar-refractivity contribution in [2.45, 2.75) is 77.6 Å². The molecule has 0 aromatic rings. The Morgan fingerprint density at radius 1 is 0.929 bits per heavy atom. The van der Waals surface area contributed by atoms with Crippen molar-refractivity contribution >= 4 is 23.6 Å². The summed E-state index contributed by atoms with van der Waals surface area (Å²) in [5.74, 6) is -2.27. The zero-order valence-electron chi connectivity index (χ0n) is 17.2. The molecule has 8 N–H and O–H groups in total. The van der Waals surface area contributed by atoms with E-state index in [1.165, 1.54) is 13.8 Å². The van der Waals surface area contributed by atoms with E-state index >= 15 is 0 Å². The van der Waals surface area contributed by atoms with Crippen LogP contribution in [0.3, 0.4) is 0 Å². The Hall–Kier alpha value is -2.20. The van der Waals surface area contributed by atoms with Gasteiger partial charge in [-0.15, -0.1) is 0 Å². The Labute approximate surface area is 166 Å². The number of primary amides is 1. The first-order valence-electron chi connectivity index (χ1n) is 9.54. The first-order chi connectivity index (χ1) is 13.0. The van der Waals surface area contributed by atoms with Gasteiger partial charge in [0.25, 0.3) is 0 Å². The van der Waals surface area contributed by atoms with E-state index in [0.29, 0.717) is 25.8 Å². The lowest BCUT2D eigenvalue weighted by Gasteiger charge is -2.26. The average molecular weight is 402 g/mol. The number of rotatable bonds is 13. The van der Waals surface area contributed by atoms with Crippen molar-refractivity contribution in [2.24, 2.45) is 17.4 Å². The van der Waals surface area contributed by atoms with Gasteiger partial charge in [-0.05, 0) is 45.1 Å². The van der Waals surface area contributed by atoms with Crippen LogP contribution in [-0.2, 0) is 19.2 Å². The molecule has 0 heterocycles. The summed E-state index contributed by atoms with van der Waals surface area (Å²) in [5.41, 5.74) is 10.8. The van der Waals surface area contributed by atoms with Crippen LogP contribution >= 0.6 is 0 Å². The molecule has 0 fully saturated rings. The van der Waals surface area contributed by atoms with Gasteiger partial charge in [0.2, 0.25) is 23.6 Å². The molecule has 0 spiro atoms. The van der Waals surface area contributed by atoms with Gasteiger partial charge in [0.1, 0.15) is 18.1 Å². The fourth-order valence-electron chi connectivity index (χ4n) is 2.64. The highest BCUT2D eigenvalue weighted by Gasteiger charge is 2.30. The van der Waals surface area contributed by atoms with Crippen molar-refractivity contribution < 1.29 is 24.3 Å². The molecule has 0 aromatic heterocycles. The van der Waals surface area contributed by atoms with Gasteiger partial charge in [-0.2, -0.15) is 0 Å². The molecule has 4 atom stereocenters. The summed E-state index contributed by atoms with van der Waals surface area (Å²) in [4.78, 5) is 48.0. The van der Waals surface area contributed by atoms with Crippen molar-refractivity contribution in [1.29, 1.82) is 0 Å². The lowest BCUT2D eigenvalue weighted by molar-refractivity contribution is -0.134. The molecule has 28 heavy (non-hydrogen) atoms. The van der Waals surface area contributed by atoms with E-state index in [1.807, 2.05) is 13.8 Å². The summed E-state index contributed by atoms with van der Waals surface area (Å²) in [6, 6.07) is -3.02. The molecule has 0 aromatic carbocycles. The molecule has 10 nitrogen and oxygen atoms in total. The number of unbranched alkanes of at least 4 members (excludes halogenated alkanes) is 1. The van der Waals surface area contributed by atoms with Gasteiger partial charge in [0, 0.05) is 6.92 Å². The third-order valence-corrected chi connectivity index (χ3v) is 4.07. The maximum Gasteiger partial charge on any atom is 0.245 e. The van der Waals surface area contributed by atoms with Gasteiger partial charge in [-0.1, -0.05) is 13.8 Å². The molecule has 4 amide bonds. The van der Waals surface area contributed by atoms with Gasteiger partial charge in [-0.3, -0.25) is 19.2 Å². The number of amides is 4. The predicted octanol–water partition coefficient (Wildman–Crippen LogP) is -1.50. The number of hydrogen-bond acceptors (Lipinski definition) is 6. The van der Waals surface area contributed by atoms with Crippen LogP contribution in [0.4, 0.5) is 0 Å². The zero-order chi connectivity index (χ0) is 21.9. The van der Waals surface area contributed by atoms with E-state index in [1.54, 1.807) is 0 Å². The quantitative estimate of drug-likeness (QED) is 0.205. The number of nitrogens with one attached hydrogen (secondary N) is 3. The first kappa shape index (κ1) is 25.8. The smallest absolute Gasteiger partial charge is 0.245 e. The zero-order valence-corrected chi connectivity index (χ0v) is 17.2. The van der Waals surface area contributed by atoms with Gasteiger partial charge in [0.15, 0.2) is 0 Å². The third-order valence-electron chi connectivity index (χ3n) is 4.07. The van der Waals surface area contributed by atoms with Crippen LogP contribution in [0.15, 0.2) is 0 Å². The fourth-order valence-corrected chi connectivity index (χ4v) is 2.64. The Morgan fingerprint density at radius 2 is 1.50 bits per heavy atom. The minimum Gasteiger partial charge on any atom is -0.391 e. The van der Waals surface area contributed by atoms with Crippen LogP contribution in [0.2, 0.25) is 0 Å². The molecule has 0 aliphatic carbocycles. The molecule has 0 saturated carbocycles. The van der Waals surface area contributed by atoms with Gasteiger partial charge >= 0.3 is 0 Å². The normalized spacial score (nSPS) is 15.2. The highest BCUT2D eigenvalue weighted by molar-refractivity contribution is 5.94. The molecular weight excluding hydrogens is 366 g/mol. The van der Waals surface area contributed by atoms with Crippen molar-refractivity contribution in [3.63, 3.8) is 0 Å². The van der Waals surface area contributed by atoms with Crippen LogP contribution in [0.1, 0.15) is 53.4 Å². The van der Waals surface area contributed by atoms with E-state index in [-0.39, 0.29) is 12.3 Å². The van der Waals surface area contributed by atoms with Crippen LogP contribution in [0.5, 0.6) is 0 Å². The summed E-state index contributed by atoms with van der Waals surface area (Å²) >= 11 is 0. The van der Waals surface area contributed by atoms with Gasteiger partial charge in [0.05, 0.1) is 6.10 Å². The molecule has 162 valence electrons. The monoisotopic (exact) mass is 401 g/mol. The Kier molecular flexibility index (Phi) is 12.0. The van der Waals surface area contributed by atoms with Crippen LogP contribution in [-0.4, -0.2) is 59.5 Å². The lowest BCUT2D eigenvalue weighted by atomic mass is 10.0. The van der Waals surface area contributed by atoms with Crippen molar-refractivity contribution in [3.05, 3.63) is 0 Å². The summed E-state index contributed by atoms with van der Waals surface area (Å²) in [6.45, 7) is 6.79. The highest BCUT2D eigenvalue weighted by atomic mass is 16.3. The Bertz CT molecular complexity index is 538. The summed E-state index contributed by atoms with van der Waals surface area (Å²) in [6.07, 6.45) is 0.716. The number of hydrogen-bond donors (Lipinski definition) is 6. The van der Waals surface area contributed by atoms with E-state index in [9.17, 15) is 24.3 Å². The van der Waals surface area contributed by atoms with Crippen LogP contribution in [0, 0.1) is 5.92 Å². The molecule has 0 aliphatic heterocycles. The minimum atomic E-state index is -1.20. The molecule has 10 heteroatoms. The second kappa shape index (κ2) is 13.1. The van der Waals surface area contributed by atoms with E-state index < -0.39 is 47.9 Å². The Morgan fingerprint density at radius 3 is 1.93 bits per heavy atom. The SMILES string of the molecule is CC(=O)NC(C(=O)N[C@@H](CCCCN)C(=O)N[C@H](CC(C)C)C(N)=O)C(C)O. The third kappa shape index (κ3) is 10.2. The summed E-state index contributed by atoms with van der Waals surface area (Å²) < 4.78 is 0. The highest BCUT2D eigenvalue weighted by Crippen LogP contribution is 2.07. The van der Waals surface area contributed by atoms with E-state index in [4.69, 9.17) is 11.5 Å². The van der Waals surface area contributed by atoms with E-state index in [2.05, 4.69) is 16.0 Å². The molecule has 0 bridgehead atoms.